The summed E-state index contributed by atoms with van der Waals surface area (Å²) in [4.78, 5) is 11.2. The number of rotatable bonds is 6. The van der Waals surface area contributed by atoms with Crippen LogP contribution in [-0.4, -0.2) is 37.6 Å². The van der Waals surface area contributed by atoms with E-state index in [1.807, 2.05) is 6.07 Å². The second kappa shape index (κ2) is 5.80. The van der Waals surface area contributed by atoms with Crippen LogP contribution in [-0.2, 0) is 26.1 Å². The third kappa shape index (κ3) is 3.71. The first-order valence-corrected chi connectivity index (χ1v) is 7.94. The lowest BCUT2D eigenvalue weighted by molar-refractivity contribution is -0.137. The highest BCUT2D eigenvalue weighted by Gasteiger charge is 2.38. The highest BCUT2D eigenvalue weighted by molar-refractivity contribution is 7.89. The van der Waals surface area contributed by atoms with Crippen molar-refractivity contribution in [3.8, 4) is 0 Å². The topological polar surface area (TPSA) is 89.7 Å². The van der Waals surface area contributed by atoms with Crippen LogP contribution in [0.15, 0.2) is 24.3 Å². The first-order valence-electron chi connectivity index (χ1n) is 6.33. The van der Waals surface area contributed by atoms with Gasteiger partial charge in [0.25, 0.3) is 0 Å². The van der Waals surface area contributed by atoms with E-state index in [9.17, 15) is 13.2 Å². The number of nitrogens with zero attached hydrogens (tertiary/aromatic N) is 1. The quantitative estimate of drug-likeness (QED) is 0.618. The van der Waals surface area contributed by atoms with Crippen LogP contribution in [0.25, 0.3) is 0 Å². The van der Waals surface area contributed by atoms with Gasteiger partial charge < -0.3 is 10.5 Å². The highest BCUT2D eigenvalue weighted by atomic mass is 32.2. The number of carbonyl (C=O) groups is 1. The molecule has 0 amide bonds. The molecule has 2 rings (SSSR count). The summed E-state index contributed by atoms with van der Waals surface area (Å²) in [5.74, 6) is -1.37. The third-order valence-corrected chi connectivity index (χ3v) is 4.87. The molecule has 20 heavy (non-hydrogen) atoms. The van der Waals surface area contributed by atoms with Gasteiger partial charge in [0.05, 0.1) is 7.11 Å². The van der Waals surface area contributed by atoms with Crippen LogP contribution in [0.3, 0.4) is 0 Å². The average molecular weight is 298 g/mol. The number of ether oxygens (including phenoxy) is 1. The molecule has 6 nitrogen and oxygen atoms in total. The van der Waals surface area contributed by atoms with Crippen molar-refractivity contribution in [2.45, 2.75) is 25.4 Å². The molecule has 1 aromatic carbocycles. The monoisotopic (exact) mass is 298 g/mol. The zero-order valence-corrected chi connectivity index (χ0v) is 12.1. The van der Waals surface area contributed by atoms with E-state index in [-0.39, 0.29) is 12.6 Å². The normalized spacial score (nSPS) is 15.3. The lowest BCUT2D eigenvalue weighted by atomic mass is 10.2. The molecule has 1 aliphatic carbocycles. The van der Waals surface area contributed by atoms with Crippen molar-refractivity contribution in [3.63, 3.8) is 0 Å². The van der Waals surface area contributed by atoms with Gasteiger partial charge in [-0.25, -0.2) is 8.42 Å². The zero-order chi connectivity index (χ0) is 14.8. The van der Waals surface area contributed by atoms with Crippen LogP contribution in [0.4, 0.5) is 5.69 Å². The summed E-state index contributed by atoms with van der Waals surface area (Å²) in [5.41, 5.74) is 7.09. The van der Waals surface area contributed by atoms with Crippen molar-refractivity contribution < 1.29 is 17.9 Å². The Morgan fingerprint density at radius 1 is 1.45 bits per heavy atom. The lowest BCUT2D eigenvalue weighted by Gasteiger charge is -2.21. The number of nitrogens with two attached hydrogens (primary N) is 1. The van der Waals surface area contributed by atoms with Crippen molar-refractivity contribution in [3.05, 3.63) is 29.8 Å². The Kier molecular flexibility index (Phi) is 4.29. The number of sulfonamides is 1. The van der Waals surface area contributed by atoms with Crippen LogP contribution >= 0.6 is 0 Å². The molecule has 0 radical (unpaired) electrons. The minimum Gasteiger partial charge on any atom is -0.468 e. The molecule has 1 fully saturated rings. The number of methoxy groups -OCH3 is 1. The van der Waals surface area contributed by atoms with E-state index >= 15 is 0 Å². The van der Waals surface area contributed by atoms with Crippen molar-refractivity contribution >= 4 is 21.7 Å². The second-order valence-electron chi connectivity index (χ2n) is 4.85. The number of esters is 1. The number of hydrogen-bond acceptors (Lipinski definition) is 5. The number of anilines is 1. The maximum absolute atomic E-state index is 12.3. The van der Waals surface area contributed by atoms with Gasteiger partial charge in [0.2, 0.25) is 10.0 Å². The van der Waals surface area contributed by atoms with Gasteiger partial charge in [0, 0.05) is 18.3 Å². The first kappa shape index (κ1) is 14.8. The van der Waals surface area contributed by atoms with Crippen LogP contribution in [0, 0.1) is 0 Å². The highest BCUT2D eigenvalue weighted by Crippen LogP contribution is 2.31. The molecule has 0 unspecified atom stereocenters. The Hall–Kier alpha value is -1.60. The average Bonchev–Trinajstić information content (AvgIpc) is 3.19. The van der Waals surface area contributed by atoms with Gasteiger partial charge in [-0.3, -0.25) is 4.79 Å². The van der Waals surface area contributed by atoms with Crippen LogP contribution in [0.2, 0.25) is 0 Å². The predicted octanol–water partition coefficient (Wildman–Crippen LogP) is 0.736. The molecular formula is C13H18N2O4S. The lowest BCUT2D eigenvalue weighted by Crippen LogP contribution is -2.37. The van der Waals surface area contributed by atoms with E-state index < -0.39 is 21.7 Å². The van der Waals surface area contributed by atoms with E-state index in [0.717, 1.165) is 18.4 Å². The minimum atomic E-state index is -3.66. The number of carbonyl (C=O) groups excluding carboxylic acids is 1. The third-order valence-electron chi connectivity index (χ3n) is 3.13. The van der Waals surface area contributed by atoms with Crippen molar-refractivity contribution in [2.75, 3.05) is 18.6 Å². The largest absolute Gasteiger partial charge is 0.468 e. The van der Waals surface area contributed by atoms with Crippen LogP contribution in [0.5, 0.6) is 0 Å². The first-order chi connectivity index (χ1) is 9.42. The smallest absolute Gasteiger partial charge is 0.322 e. The Morgan fingerprint density at radius 2 is 2.15 bits per heavy atom. The van der Waals surface area contributed by atoms with Crippen molar-refractivity contribution in [1.82, 2.24) is 4.31 Å². The molecule has 110 valence electrons. The van der Waals surface area contributed by atoms with Gasteiger partial charge in [0.1, 0.15) is 0 Å². The molecule has 0 atom stereocenters. The molecular weight excluding hydrogens is 280 g/mol. The molecule has 1 aromatic rings. The van der Waals surface area contributed by atoms with Crippen molar-refractivity contribution in [2.24, 2.45) is 0 Å². The van der Waals surface area contributed by atoms with Gasteiger partial charge in [0.15, 0.2) is 5.75 Å². The van der Waals surface area contributed by atoms with Gasteiger partial charge in [-0.15, -0.1) is 0 Å². The SMILES string of the molecule is COC(=O)CS(=O)(=O)N(Cc1cccc(N)c1)C1CC1. The Labute approximate surface area is 118 Å². The van der Waals surface area contributed by atoms with Gasteiger partial charge in [-0.1, -0.05) is 12.1 Å². The summed E-state index contributed by atoms with van der Waals surface area (Å²) in [6, 6.07) is 7.06. The summed E-state index contributed by atoms with van der Waals surface area (Å²) in [7, 11) is -2.49. The molecule has 7 heteroatoms. The summed E-state index contributed by atoms with van der Waals surface area (Å²) >= 11 is 0. The van der Waals surface area contributed by atoms with E-state index in [1.165, 1.54) is 11.4 Å². The molecule has 1 saturated carbocycles. The Balaban J connectivity index is 2.17. The fourth-order valence-corrected chi connectivity index (χ4v) is 3.57. The van der Waals surface area contributed by atoms with Gasteiger partial charge in [-0.05, 0) is 30.5 Å². The molecule has 0 saturated heterocycles. The minimum absolute atomic E-state index is 0.0221. The fraction of sp³-hybridized carbons (Fsp3) is 0.462. The summed E-state index contributed by atoms with van der Waals surface area (Å²) in [6.07, 6.45) is 1.64. The number of hydrogen-bond donors (Lipinski definition) is 1. The van der Waals surface area contributed by atoms with Crippen molar-refractivity contribution in [1.29, 1.82) is 0 Å². The van der Waals surface area contributed by atoms with Gasteiger partial charge >= 0.3 is 5.97 Å². The maximum Gasteiger partial charge on any atom is 0.322 e. The molecule has 0 bridgehead atoms. The number of nitrogen functional groups attached to an aromatic ring is 1. The van der Waals surface area contributed by atoms with E-state index in [2.05, 4.69) is 4.74 Å². The van der Waals surface area contributed by atoms with E-state index in [0.29, 0.717) is 5.69 Å². The summed E-state index contributed by atoms with van der Waals surface area (Å²) in [6.45, 7) is 0.231. The standard InChI is InChI=1S/C13H18N2O4S/c1-19-13(16)9-20(17,18)15(12-5-6-12)8-10-3-2-4-11(14)7-10/h2-4,7,12H,5-6,8-9,14H2,1H3. The maximum atomic E-state index is 12.3. The Bertz CT molecular complexity index is 596. The van der Waals surface area contributed by atoms with Crippen LogP contribution < -0.4 is 5.73 Å². The van der Waals surface area contributed by atoms with Gasteiger partial charge in [-0.2, -0.15) is 4.31 Å². The molecule has 0 spiro atoms. The fourth-order valence-electron chi connectivity index (χ4n) is 1.98. The summed E-state index contributed by atoms with van der Waals surface area (Å²) < 4.78 is 30.3. The molecule has 0 heterocycles. The molecule has 0 aromatic heterocycles. The summed E-state index contributed by atoms with van der Waals surface area (Å²) in [5, 5.41) is 0. The molecule has 1 aliphatic rings. The van der Waals surface area contributed by atoms with E-state index in [4.69, 9.17) is 5.73 Å². The molecule has 2 N–H and O–H groups in total. The van der Waals surface area contributed by atoms with Crippen LogP contribution in [0.1, 0.15) is 18.4 Å². The van der Waals surface area contributed by atoms with E-state index in [1.54, 1.807) is 18.2 Å². The zero-order valence-electron chi connectivity index (χ0n) is 11.3. The second-order valence-corrected chi connectivity index (χ2v) is 6.78. The molecule has 0 aliphatic heterocycles. The Morgan fingerprint density at radius 3 is 2.70 bits per heavy atom. The predicted molar refractivity (Wildman–Crippen MR) is 75.2 cm³/mol. The number of benzene rings is 1.